The lowest BCUT2D eigenvalue weighted by atomic mass is 10.1. The third-order valence-corrected chi connectivity index (χ3v) is 4.58. The Morgan fingerprint density at radius 2 is 1.75 bits per heavy atom. The molecule has 0 spiro atoms. The maximum Gasteiger partial charge on any atom is 0.293 e. The summed E-state index contributed by atoms with van der Waals surface area (Å²) in [5.41, 5.74) is 2.01. The number of thioether (sulfide) groups is 1. The van der Waals surface area contributed by atoms with Gasteiger partial charge < -0.3 is 4.74 Å². The summed E-state index contributed by atoms with van der Waals surface area (Å²) in [5, 5.41) is -0.253. The maximum absolute atomic E-state index is 12.4. The van der Waals surface area contributed by atoms with Crippen molar-refractivity contribution in [3.8, 4) is 5.75 Å². The normalized spacial score (nSPS) is 16.0. The van der Waals surface area contributed by atoms with Crippen LogP contribution in [-0.4, -0.2) is 29.2 Å². The van der Waals surface area contributed by atoms with Crippen molar-refractivity contribution in [2.24, 2.45) is 0 Å². The van der Waals surface area contributed by atoms with Gasteiger partial charge in [0, 0.05) is 0 Å². The molecule has 0 radical (unpaired) electrons. The van der Waals surface area contributed by atoms with Crippen molar-refractivity contribution in [3.05, 3.63) is 70.6 Å². The Morgan fingerprint density at radius 3 is 2.50 bits per heavy atom. The van der Waals surface area contributed by atoms with Crippen molar-refractivity contribution in [3.63, 3.8) is 0 Å². The molecule has 2 aromatic carbocycles. The second kappa shape index (κ2) is 7.36. The molecule has 1 heterocycles. The number of hydrogen-bond donors (Lipinski definition) is 0. The molecular formula is C19H17NO3S. The zero-order chi connectivity index (χ0) is 16.9. The molecule has 3 rings (SSSR count). The minimum absolute atomic E-state index is 0.241. The van der Waals surface area contributed by atoms with Gasteiger partial charge in [0.2, 0.25) is 0 Å². The molecule has 5 heteroatoms. The van der Waals surface area contributed by atoms with E-state index in [9.17, 15) is 9.59 Å². The van der Waals surface area contributed by atoms with Gasteiger partial charge in [0.1, 0.15) is 12.4 Å². The van der Waals surface area contributed by atoms with E-state index in [1.807, 2.05) is 61.5 Å². The van der Waals surface area contributed by atoms with Crippen LogP contribution in [0.25, 0.3) is 6.08 Å². The van der Waals surface area contributed by atoms with Gasteiger partial charge in [-0.15, -0.1) is 0 Å². The molecule has 0 saturated carbocycles. The van der Waals surface area contributed by atoms with Crippen molar-refractivity contribution in [1.29, 1.82) is 0 Å². The predicted octanol–water partition coefficient (Wildman–Crippen LogP) is 4.11. The molecule has 0 atom stereocenters. The fraction of sp³-hybridized carbons (Fsp3) is 0.158. The van der Waals surface area contributed by atoms with Crippen LogP contribution in [0, 0.1) is 6.92 Å². The summed E-state index contributed by atoms with van der Waals surface area (Å²) in [4.78, 5) is 26.2. The predicted molar refractivity (Wildman–Crippen MR) is 95.8 cm³/mol. The first-order valence-corrected chi connectivity index (χ1v) is 8.45. The van der Waals surface area contributed by atoms with Gasteiger partial charge in [-0.1, -0.05) is 42.5 Å². The highest BCUT2D eigenvalue weighted by Gasteiger charge is 2.34. The van der Waals surface area contributed by atoms with Crippen LogP contribution >= 0.6 is 11.8 Å². The number of benzene rings is 2. The third kappa shape index (κ3) is 3.68. The van der Waals surface area contributed by atoms with Crippen LogP contribution in [0.2, 0.25) is 0 Å². The smallest absolute Gasteiger partial charge is 0.293 e. The van der Waals surface area contributed by atoms with Crippen molar-refractivity contribution in [2.45, 2.75) is 6.92 Å². The summed E-state index contributed by atoms with van der Waals surface area (Å²) in [5.74, 6) is 0.463. The van der Waals surface area contributed by atoms with Crippen molar-refractivity contribution < 1.29 is 14.3 Å². The highest BCUT2D eigenvalue weighted by atomic mass is 32.2. The Labute approximate surface area is 145 Å². The quantitative estimate of drug-likeness (QED) is 0.769. The fourth-order valence-corrected chi connectivity index (χ4v) is 3.21. The van der Waals surface area contributed by atoms with E-state index in [-0.39, 0.29) is 24.3 Å². The number of rotatable bonds is 5. The number of ether oxygens (including phenoxy) is 1. The second-order valence-electron chi connectivity index (χ2n) is 5.35. The van der Waals surface area contributed by atoms with Gasteiger partial charge in [-0.25, -0.2) is 0 Å². The molecule has 0 aromatic heterocycles. The molecule has 1 saturated heterocycles. The highest BCUT2D eigenvalue weighted by Crippen LogP contribution is 2.32. The van der Waals surface area contributed by atoms with E-state index < -0.39 is 0 Å². The van der Waals surface area contributed by atoms with E-state index in [4.69, 9.17) is 4.74 Å². The van der Waals surface area contributed by atoms with E-state index in [1.165, 1.54) is 4.90 Å². The topological polar surface area (TPSA) is 46.6 Å². The van der Waals surface area contributed by atoms with E-state index in [0.29, 0.717) is 4.91 Å². The number of aryl methyl sites for hydroxylation is 1. The Morgan fingerprint density at radius 1 is 1.04 bits per heavy atom. The summed E-state index contributed by atoms with van der Waals surface area (Å²) >= 11 is 0.975. The first-order chi connectivity index (χ1) is 11.6. The molecule has 0 aliphatic carbocycles. The van der Waals surface area contributed by atoms with Crippen LogP contribution < -0.4 is 4.74 Å². The average molecular weight is 339 g/mol. The molecule has 0 N–H and O–H groups in total. The lowest BCUT2D eigenvalue weighted by molar-refractivity contribution is -0.123. The largest absolute Gasteiger partial charge is 0.492 e. The fourth-order valence-electron chi connectivity index (χ4n) is 2.35. The van der Waals surface area contributed by atoms with Gasteiger partial charge >= 0.3 is 0 Å². The van der Waals surface area contributed by atoms with Crippen molar-refractivity contribution in [2.75, 3.05) is 13.2 Å². The summed E-state index contributed by atoms with van der Waals surface area (Å²) in [6.07, 6.45) is 1.78. The first-order valence-electron chi connectivity index (χ1n) is 7.64. The highest BCUT2D eigenvalue weighted by molar-refractivity contribution is 8.18. The van der Waals surface area contributed by atoms with Crippen LogP contribution in [0.3, 0.4) is 0 Å². The Balaban J connectivity index is 1.65. The van der Waals surface area contributed by atoms with Gasteiger partial charge in [0.05, 0.1) is 11.4 Å². The third-order valence-electron chi connectivity index (χ3n) is 3.68. The van der Waals surface area contributed by atoms with Crippen LogP contribution in [0.15, 0.2) is 59.5 Å². The Bertz CT molecular complexity index is 786. The van der Waals surface area contributed by atoms with Crippen molar-refractivity contribution in [1.82, 2.24) is 4.90 Å². The van der Waals surface area contributed by atoms with Crippen LogP contribution in [0.4, 0.5) is 4.79 Å². The number of carbonyl (C=O) groups excluding carboxylic acids is 2. The van der Waals surface area contributed by atoms with Gasteiger partial charge in [-0.3, -0.25) is 14.5 Å². The molecule has 1 aliphatic rings. The lowest BCUT2D eigenvalue weighted by Gasteiger charge is -2.13. The van der Waals surface area contributed by atoms with Gasteiger partial charge in [0.25, 0.3) is 11.1 Å². The number of hydrogen-bond acceptors (Lipinski definition) is 4. The number of para-hydroxylation sites is 1. The van der Waals surface area contributed by atoms with E-state index >= 15 is 0 Å². The number of amides is 2. The van der Waals surface area contributed by atoms with Gasteiger partial charge in [-0.05, 0) is 48.0 Å². The first kappa shape index (κ1) is 16.3. The summed E-state index contributed by atoms with van der Waals surface area (Å²) < 4.78 is 5.56. The second-order valence-corrected chi connectivity index (χ2v) is 6.34. The van der Waals surface area contributed by atoms with Crippen LogP contribution in [0.5, 0.6) is 5.75 Å². The molecule has 4 nitrogen and oxygen atoms in total. The van der Waals surface area contributed by atoms with Gasteiger partial charge in [0.15, 0.2) is 0 Å². The van der Waals surface area contributed by atoms with Crippen molar-refractivity contribution >= 4 is 29.0 Å². The SMILES string of the molecule is Cc1ccccc1/C=C1\SC(=O)N(CCOc2ccccc2)C1=O. The van der Waals surface area contributed by atoms with E-state index in [2.05, 4.69) is 0 Å². The summed E-state index contributed by atoms with van der Waals surface area (Å²) in [7, 11) is 0. The molecule has 2 aromatic rings. The molecule has 122 valence electrons. The molecule has 0 unspecified atom stereocenters. The molecular weight excluding hydrogens is 322 g/mol. The Kier molecular flexibility index (Phi) is 5.01. The molecule has 2 amide bonds. The lowest BCUT2D eigenvalue weighted by Crippen LogP contribution is -2.32. The molecule has 1 aliphatic heterocycles. The van der Waals surface area contributed by atoms with Gasteiger partial charge in [-0.2, -0.15) is 0 Å². The Hall–Kier alpha value is -2.53. The molecule has 24 heavy (non-hydrogen) atoms. The van der Waals surface area contributed by atoms with E-state index in [1.54, 1.807) is 6.08 Å². The summed E-state index contributed by atoms with van der Waals surface area (Å²) in [6, 6.07) is 17.1. The number of carbonyl (C=O) groups is 2. The number of imide groups is 1. The summed E-state index contributed by atoms with van der Waals surface area (Å²) in [6.45, 7) is 2.49. The van der Waals surface area contributed by atoms with Crippen LogP contribution in [-0.2, 0) is 4.79 Å². The maximum atomic E-state index is 12.4. The zero-order valence-corrected chi connectivity index (χ0v) is 14.1. The monoisotopic (exact) mass is 339 g/mol. The average Bonchev–Trinajstić information content (AvgIpc) is 2.85. The number of nitrogens with zero attached hydrogens (tertiary/aromatic N) is 1. The zero-order valence-electron chi connectivity index (χ0n) is 13.3. The van der Waals surface area contributed by atoms with E-state index in [0.717, 1.165) is 28.6 Å². The van der Waals surface area contributed by atoms with Crippen LogP contribution in [0.1, 0.15) is 11.1 Å². The molecule has 0 bridgehead atoms. The molecule has 1 fully saturated rings. The minimum atomic E-state index is -0.259. The minimum Gasteiger partial charge on any atom is -0.492 e. The standard InChI is InChI=1S/C19H17NO3S/c1-14-7-5-6-8-15(14)13-17-18(21)20(19(22)24-17)11-12-23-16-9-3-2-4-10-16/h2-10,13H,11-12H2,1H3/b17-13-.